The second-order valence-corrected chi connectivity index (χ2v) is 6.88. The number of benzene rings is 4. The maximum atomic E-state index is 6.25. The average molecular weight is 355 g/mol. The monoisotopic (exact) mass is 355 g/mol. The summed E-state index contributed by atoms with van der Waals surface area (Å²) >= 11 is 4.78. The van der Waals surface area contributed by atoms with Gasteiger partial charge in [-0.05, 0) is 34.5 Å². The highest BCUT2D eigenvalue weighted by atomic mass is 32.1. The van der Waals surface area contributed by atoms with Gasteiger partial charge in [0.05, 0.1) is 0 Å². The lowest BCUT2D eigenvalue weighted by Gasteiger charge is -2.11. The molecule has 26 heavy (non-hydrogen) atoms. The zero-order chi connectivity index (χ0) is 17.7. The molecule has 5 rings (SSSR count). The van der Waals surface area contributed by atoms with Gasteiger partial charge in [0.1, 0.15) is 11.2 Å². The highest BCUT2D eigenvalue weighted by Gasteiger charge is 2.17. The Kier molecular flexibility index (Phi) is 3.44. The van der Waals surface area contributed by atoms with Gasteiger partial charge in [0, 0.05) is 34.0 Å². The second-order valence-electron chi connectivity index (χ2n) is 6.43. The molecule has 0 atom stereocenters. The van der Waals surface area contributed by atoms with Crippen LogP contribution in [0.15, 0.2) is 82.1 Å². The Balaban J connectivity index is 1.90. The maximum Gasteiger partial charge on any atom is 0.144 e. The smallest absolute Gasteiger partial charge is 0.144 e. The van der Waals surface area contributed by atoms with E-state index in [-0.39, 0.29) is 0 Å². The van der Waals surface area contributed by atoms with Gasteiger partial charge in [-0.25, -0.2) is 0 Å². The van der Waals surface area contributed by atoms with Crippen molar-refractivity contribution >= 4 is 51.0 Å². The van der Waals surface area contributed by atoms with Crippen molar-refractivity contribution in [3.8, 4) is 11.1 Å². The largest absolute Gasteiger partial charge is 0.455 e. The molecule has 0 bridgehead atoms. The quantitative estimate of drug-likeness (QED) is 0.343. The first-order valence-corrected chi connectivity index (χ1v) is 9.05. The molecule has 3 heteroatoms. The van der Waals surface area contributed by atoms with Gasteiger partial charge in [0.25, 0.3) is 0 Å². The topological polar surface area (TPSA) is 25.2 Å². The van der Waals surface area contributed by atoms with Crippen LogP contribution in [0, 0.1) is 0 Å². The highest BCUT2D eigenvalue weighted by molar-refractivity contribution is 7.80. The summed E-state index contributed by atoms with van der Waals surface area (Å²) < 4.78 is 6.25. The molecule has 0 aliphatic carbocycles. The fraction of sp³-hybridized carbons (Fsp3) is 0.0435. The van der Waals surface area contributed by atoms with E-state index >= 15 is 0 Å². The molecule has 0 aliphatic rings. The van der Waals surface area contributed by atoms with Crippen molar-refractivity contribution in [3.63, 3.8) is 0 Å². The fourth-order valence-corrected chi connectivity index (χ4v) is 4.04. The van der Waals surface area contributed by atoms with E-state index in [1.807, 2.05) is 25.2 Å². The lowest BCUT2D eigenvalue weighted by atomic mass is 9.98. The SMILES string of the molecule is CNc1cc(-c2ccc3ccccc3c2)c2oc3ccccc3c2c1S. The Morgan fingerprint density at radius 1 is 0.846 bits per heavy atom. The van der Waals surface area contributed by atoms with Crippen LogP contribution in [0.25, 0.3) is 43.8 Å². The van der Waals surface area contributed by atoms with E-state index < -0.39 is 0 Å². The summed E-state index contributed by atoms with van der Waals surface area (Å²) in [7, 11) is 1.92. The normalized spacial score (nSPS) is 11.5. The molecule has 0 spiro atoms. The number of thiol groups is 1. The summed E-state index contributed by atoms with van der Waals surface area (Å²) in [6, 6.07) is 25.2. The van der Waals surface area contributed by atoms with Crippen LogP contribution in [-0.4, -0.2) is 7.05 Å². The molecule has 1 aromatic heterocycles. The van der Waals surface area contributed by atoms with Crippen LogP contribution < -0.4 is 5.32 Å². The first-order valence-electron chi connectivity index (χ1n) is 8.60. The number of nitrogens with one attached hydrogen (secondary N) is 1. The fourth-order valence-electron chi connectivity index (χ4n) is 3.64. The summed E-state index contributed by atoms with van der Waals surface area (Å²) in [5.74, 6) is 0. The van der Waals surface area contributed by atoms with Crippen LogP contribution in [0.1, 0.15) is 0 Å². The first-order chi connectivity index (χ1) is 12.8. The number of hydrogen-bond donors (Lipinski definition) is 2. The zero-order valence-corrected chi connectivity index (χ0v) is 15.2. The van der Waals surface area contributed by atoms with Crippen molar-refractivity contribution in [3.05, 3.63) is 72.8 Å². The van der Waals surface area contributed by atoms with E-state index in [4.69, 9.17) is 17.0 Å². The number of hydrogen-bond acceptors (Lipinski definition) is 3. The van der Waals surface area contributed by atoms with Gasteiger partial charge in [-0.15, -0.1) is 12.6 Å². The molecule has 0 amide bonds. The van der Waals surface area contributed by atoms with E-state index in [1.165, 1.54) is 10.8 Å². The third-order valence-corrected chi connectivity index (χ3v) is 5.42. The van der Waals surface area contributed by atoms with E-state index in [0.717, 1.165) is 43.6 Å². The number of para-hydroxylation sites is 1. The van der Waals surface area contributed by atoms with Gasteiger partial charge in [-0.3, -0.25) is 0 Å². The standard InChI is InChI=1S/C23H17NOS/c1-24-19-13-18(16-11-10-14-6-2-3-7-15(14)12-16)22-21(23(19)26)17-8-4-5-9-20(17)25-22/h2-13,24,26H,1H3. The molecule has 1 heterocycles. The van der Waals surface area contributed by atoms with Crippen molar-refractivity contribution in [2.75, 3.05) is 12.4 Å². The molecule has 1 N–H and O–H groups in total. The lowest BCUT2D eigenvalue weighted by Crippen LogP contribution is -1.92. The van der Waals surface area contributed by atoms with Crippen LogP contribution in [-0.2, 0) is 0 Å². The van der Waals surface area contributed by atoms with Crippen LogP contribution in [0.5, 0.6) is 0 Å². The minimum absolute atomic E-state index is 0.880. The predicted molar refractivity (Wildman–Crippen MR) is 113 cm³/mol. The Morgan fingerprint density at radius 3 is 2.46 bits per heavy atom. The molecule has 4 aromatic carbocycles. The van der Waals surface area contributed by atoms with Crippen LogP contribution in [0.3, 0.4) is 0 Å². The summed E-state index contributed by atoms with van der Waals surface area (Å²) in [5.41, 5.74) is 4.97. The van der Waals surface area contributed by atoms with Crippen molar-refractivity contribution in [1.29, 1.82) is 0 Å². The number of furan rings is 1. The third-order valence-electron chi connectivity index (χ3n) is 4.95. The van der Waals surface area contributed by atoms with Gasteiger partial charge in [0.2, 0.25) is 0 Å². The molecule has 2 nitrogen and oxygen atoms in total. The highest BCUT2D eigenvalue weighted by Crippen LogP contribution is 2.43. The summed E-state index contributed by atoms with van der Waals surface area (Å²) in [5, 5.41) is 7.87. The van der Waals surface area contributed by atoms with E-state index in [1.54, 1.807) is 0 Å². The first kappa shape index (κ1) is 15.4. The van der Waals surface area contributed by atoms with Gasteiger partial charge >= 0.3 is 0 Å². The van der Waals surface area contributed by atoms with Crippen molar-refractivity contribution in [2.45, 2.75) is 4.90 Å². The van der Waals surface area contributed by atoms with Gasteiger partial charge < -0.3 is 9.73 Å². The molecule has 0 saturated carbocycles. The molecule has 0 unspecified atom stereocenters. The molecule has 0 aliphatic heterocycles. The number of fused-ring (bicyclic) bond motifs is 4. The Morgan fingerprint density at radius 2 is 1.62 bits per heavy atom. The van der Waals surface area contributed by atoms with E-state index in [2.05, 4.69) is 59.9 Å². The molecule has 0 saturated heterocycles. The van der Waals surface area contributed by atoms with E-state index in [0.29, 0.717) is 0 Å². The average Bonchev–Trinajstić information content (AvgIpc) is 3.08. The van der Waals surface area contributed by atoms with Gasteiger partial charge in [-0.1, -0.05) is 54.6 Å². The van der Waals surface area contributed by atoms with Crippen molar-refractivity contribution in [1.82, 2.24) is 0 Å². The summed E-state index contributed by atoms with van der Waals surface area (Å²) in [4.78, 5) is 0.914. The Bertz CT molecular complexity index is 1290. The Labute approximate surface area is 156 Å². The lowest BCUT2D eigenvalue weighted by molar-refractivity contribution is 0.669. The Hall–Kier alpha value is -2.91. The summed E-state index contributed by atoms with van der Waals surface area (Å²) in [6.45, 7) is 0. The minimum Gasteiger partial charge on any atom is -0.455 e. The molecule has 126 valence electrons. The van der Waals surface area contributed by atoms with Gasteiger partial charge in [-0.2, -0.15) is 0 Å². The van der Waals surface area contributed by atoms with Crippen LogP contribution in [0.4, 0.5) is 5.69 Å². The van der Waals surface area contributed by atoms with Gasteiger partial charge in [0.15, 0.2) is 0 Å². The third kappa shape index (κ3) is 2.21. The molecule has 0 fully saturated rings. The van der Waals surface area contributed by atoms with Crippen LogP contribution >= 0.6 is 12.6 Å². The summed E-state index contributed by atoms with van der Waals surface area (Å²) in [6.07, 6.45) is 0. The van der Waals surface area contributed by atoms with Crippen molar-refractivity contribution in [2.24, 2.45) is 0 Å². The number of rotatable bonds is 2. The minimum atomic E-state index is 0.880. The zero-order valence-electron chi connectivity index (χ0n) is 14.3. The number of anilines is 1. The predicted octanol–water partition coefficient (Wildman–Crippen LogP) is 6.74. The molecular formula is C23H17NOS. The second kappa shape index (κ2) is 5.82. The maximum absolute atomic E-state index is 6.25. The van der Waals surface area contributed by atoms with E-state index in [9.17, 15) is 0 Å². The molecular weight excluding hydrogens is 338 g/mol. The van der Waals surface area contributed by atoms with Crippen LogP contribution in [0.2, 0.25) is 0 Å². The molecule has 5 aromatic rings. The molecule has 0 radical (unpaired) electrons. The van der Waals surface area contributed by atoms with Crippen molar-refractivity contribution < 1.29 is 4.42 Å².